The molecule has 0 aliphatic carbocycles. The maximum absolute atomic E-state index is 10.8. The molecule has 1 aliphatic heterocycles. The summed E-state index contributed by atoms with van der Waals surface area (Å²) >= 11 is 1.76. The lowest BCUT2D eigenvalue weighted by Gasteiger charge is -2.27. The highest BCUT2D eigenvalue weighted by Crippen LogP contribution is 2.26. The van der Waals surface area contributed by atoms with Crippen LogP contribution in [-0.4, -0.2) is 40.2 Å². The van der Waals surface area contributed by atoms with E-state index in [1.807, 2.05) is 0 Å². The second kappa shape index (κ2) is 5.16. The zero-order valence-corrected chi connectivity index (χ0v) is 10.6. The molecule has 1 unspecified atom stereocenters. The van der Waals surface area contributed by atoms with Gasteiger partial charge in [0.05, 0.1) is 0 Å². The van der Waals surface area contributed by atoms with Crippen LogP contribution in [0.2, 0.25) is 0 Å². The van der Waals surface area contributed by atoms with Crippen molar-refractivity contribution in [1.82, 2.24) is 5.32 Å². The predicted octanol–water partition coefficient (Wildman–Crippen LogP) is 1.08. The quantitative estimate of drug-likeness (QED) is 0.794. The fraction of sp³-hybridized carbons (Fsp3) is 0.889. The van der Waals surface area contributed by atoms with Gasteiger partial charge in [-0.25, -0.2) is 0 Å². The van der Waals surface area contributed by atoms with E-state index in [1.165, 1.54) is 0 Å². The Balaban J connectivity index is 2.27. The first-order chi connectivity index (χ1) is 6.49. The van der Waals surface area contributed by atoms with Gasteiger partial charge in [-0.3, -0.25) is 9.20 Å². The molecule has 5 heteroatoms. The maximum atomic E-state index is 10.8. The number of hydrogen-bond acceptors (Lipinski definition) is 4. The van der Waals surface area contributed by atoms with Crippen LogP contribution in [0.15, 0.2) is 4.99 Å². The van der Waals surface area contributed by atoms with Crippen molar-refractivity contribution >= 4 is 27.7 Å². The molecule has 1 atom stereocenters. The monoisotopic (exact) mass is 234 g/mol. The fourth-order valence-corrected chi connectivity index (χ4v) is 2.42. The van der Waals surface area contributed by atoms with Crippen LogP contribution in [0.25, 0.3) is 0 Å². The molecule has 0 fully saturated rings. The summed E-state index contributed by atoms with van der Waals surface area (Å²) in [6.07, 6.45) is 1.72. The van der Waals surface area contributed by atoms with E-state index < -0.39 is 10.8 Å². The highest BCUT2D eigenvalue weighted by molar-refractivity contribution is 8.13. The summed E-state index contributed by atoms with van der Waals surface area (Å²) < 4.78 is 10.8. The molecule has 0 aromatic carbocycles. The molecular formula is C9H18N2OS2. The van der Waals surface area contributed by atoms with E-state index in [4.69, 9.17) is 0 Å². The summed E-state index contributed by atoms with van der Waals surface area (Å²) in [6.45, 7) is 6.09. The highest BCUT2D eigenvalue weighted by atomic mass is 32.2. The van der Waals surface area contributed by atoms with Crippen molar-refractivity contribution in [3.8, 4) is 0 Å². The molecule has 1 heterocycles. The summed E-state index contributed by atoms with van der Waals surface area (Å²) in [5, 5.41) is 4.22. The summed E-state index contributed by atoms with van der Waals surface area (Å²) in [4.78, 5) is 4.45. The maximum Gasteiger partial charge on any atom is 0.156 e. The van der Waals surface area contributed by atoms with E-state index in [0.717, 1.165) is 24.0 Å². The second-order valence-electron chi connectivity index (χ2n) is 4.28. The lowest BCUT2D eigenvalue weighted by Crippen LogP contribution is -2.33. The third-order valence-electron chi connectivity index (χ3n) is 1.92. The van der Waals surface area contributed by atoms with Crippen LogP contribution < -0.4 is 5.32 Å². The Morgan fingerprint density at radius 1 is 1.64 bits per heavy atom. The van der Waals surface area contributed by atoms with E-state index in [2.05, 4.69) is 24.2 Å². The summed E-state index contributed by atoms with van der Waals surface area (Å²) in [5.74, 6) is 1.80. The van der Waals surface area contributed by atoms with Crippen molar-refractivity contribution in [2.24, 2.45) is 10.4 Å². The molecule has 3 nitrogen and oxygen atoms in total. The zero-order chi connectivity index (χ0) is 10.6. The van der Waals surface area contributed by atoms with Crippen LogP contribution in [0.5, 0.6) is 0 Å². The highest BCUT2D eigenvalue weighted by Gasteiger charge is 2.22. The molecule has 0 radical (unpaired) electrons. The van der Waals surface area contributed by atoms with Gasteiger partial charge >= 0.3 is 0 Å². The van der Waals surface area contributed by atoms with E-state index >= 15 is 0 Å². The van der Waals surface area contributed by atoms with Crippen molar-refractivity contribution in [3.63, 3.8) is 0 Å². The molecule has 1 rings (SSSR count). The van der Waals surface area contributed by atoms with Gasteiger partial charge in [0.2, 0.25) is 0 Å². The van der Waals surface area contributed by atoms with Gasteiger partial charge in [0.15, 0.2) is 5.17 Å². The minimum atomic E-state index is -0.712. The first-order valence-corrected chi connectivity index (χ1v) is 7.42. The summed E-state index contributed by atoms with van der Waals surface area (Å²) in [5.41, 5.74) is 0.323. The molecule has 1 N–H and O–H groups in total. The minimum Gasteiger partial charge on any atom is -0.364 e. The molecule has 0 saturated carbocycles. The fourth-order valence-electron chi connectivity index (χ4n) is 1.05. The summed E-state index contributed by atoms with van der Waals surface area (Å²) in [6, 6.07) is 0. The zero-order valence-electron chi connectivity index (χ0n) is 9.00. The Morgan fingerprint density at radius 2 is 2.36 bits per heavy atom. The van der Waals surface area contributed by atoms with Crippen molar-refractivity contribution < 1.29 is 4.21 Å². The Morgan fingerprint density at radius 3 is 2.86 bits per heavy atom. The lowest BCUT2D eigenvalue weighted by atomic mass is 9.97. The summed E-state index contributed by atoms with van der Waals surface area (Å²) in [7, 11) is -0.712. The van der Waals surface area contributed by atoms with Crippen LogP contribution >= 0.6 is 11.8 Å². The van der Waals surface area contributed by atoms with Gasteiger partial charge in [-0.1, -0.05) is 25.6 Å². The van der Waals surface area contributed by atoms with E-state index in [9.17, 15) is 4.21 Å². The second-order valence-corrected chi connectivity index (χ2v) is 6.80. The first kappa shape index (κ1) is 12.0. The lowest BCUT2D eigenvalue weighted by molar-refractivity contribution is 0.437. The molecule has 0 bridgehead atoms. The number of aliphatic imine (C=N–C) groups is 1. The standard InChI is InChI=1S/C9H18N2OS2/c1-9(2)6-11-8(13-7-9)10-4-5-14(3)12/h4-7H2,1-3H3,(H,10,11). The Kier molecular flexibility index (Phi) is 4.44. The van der Waals surface area contributed by atoms with Crippen molar-refractivity contribution in [2.75, 3.05) is 30.9 Å². The number of nitrogens with zero attached hydrogens (tertiary/aromatic N) is 1. The van der Waals surface area contributed by atoms with Gasteiger partial charge in [0.1, 0.15) is 0 Å². The normalized spacial score (nSPS) is 22.6. The van der Waals surface area contributed by atoms with Crippen molar-refractivity contribution in [2.45, 2.75) is 13.8 Å². The van der Waals surface area contributed by atoms with Crippen molar-refractivity contribution in [1.29, 1.82) is 0 Å². The predicted molar refractivity (Wildman–Crippen MR) is 65.5 cm³/mol. The Hall–Kier alpha value is -0.0300. The molecule has 14 heavy (non-hydrogen) atoms. The van der Waals surface area contributed by atoms with Gasteiger partial charge in [0, 0.05) is 41.7 Å². The molecule has 0 amide bonds. The topological polar surface area (TPSA) is 41.5 Å². The smallest absolute Gasteiger partial charge is 0.156 e. The minimum absolute atomic E-state index is 0.323. The molecule has 0 aromatic heterocycles. The SMILES string of the molecule is CS(=O)CCNC1=NCC(C)(C)CS1. The number of nitrogens with one attached hydrogen (secondary N) is 1. The van der Waals surface area contributed by atoms with Gasteiger partial charge in [-0.15, -0.1) is 0 Å². The molecular weight excluding hydrogens is 216 g/mol. The average molecular weight is 234 g/mol. The average Bonchev–Trinajstić information content (AvgIpc) is 2.07. The molecule has 0 aromatic rings. The van der Waals surface area contributed by atoms with Gasteiger partial charge < -0.3 is 5.32 Å². The number of thioether (sulfide) groups is 1. The number of rotatable bonds is 3. The molecule has 82 valence electrons. The van der Waals surface area contributed by atoms with Crippen LogP contribution in [-0.2, 0) is 10.8 Å². The van der Waals surface area contributed by atoms with Gasteiger partial charge in [-0.2, -0.15) is 0 Å². The molecule has 0 spiro atoms. The Labute approximate surface area is 92.6 Å². The van der Waals surface area contributed by atoms with E-state index in [0.29, 0.717) is 11.2 Å². The van der Waals surface area contributed by atoms with Crippen LogP contribution in [0.1, 0.15) is 13.8 Å². The first-order valence-electron chi connectivity index (χ1n) is 4.71. The number of amidine groups is 1. The van der Waals surface area contributed by atoms with E-state index in [1.54, 1.807) is 18.0 Å². The van der Waals surface area contributed by atoms with Crippen molar-refractivity contribution in [3.05, 3.63) is 0 Å². The third kappa shape index (κ3) is 4.46. The third-order valence-corrected chi connectivity index (χ3v) is 4.17. The van der Waals surface area contributed by atoms with Crippen LogP contribution in [0.3, 0.4) is 0 Å². The van der Waals surface area contributed by atoms with E-state index in [-0.39, 0.29) is 0 Å². The van der Waals surface area contributed by atoms with Crippen LogP contribution in [0, 0.1) is 5.41 Å². The number of hydrogen-bond donors (Lipinski definition) is 1. The van der Waals surface area contributed by atoms with Crippen LogP contribution in [0.4, 0.5) is 0 Å². The van der Waals surface area contributed by atoms with Gasteiger partial charge in [0.25, 0.3) is 0 Å². The molecule has 1 aliphatic rings. The van der Waals surface area contributed by atoms with Gasteiger partial charge in [-0.05, 0) is 5.41 Å². The molecule has 0 saturated heterocycles. The largest absolute Gasteiger partial charge is 0.364 e. The Bertz CT molecular complexity index is 251.